The van der Waals surface area contributed by atoms with Gasteiger partial charge < -0.3 is 13.9 Å². The van der Waals surface area contributed by atoms with Crippen molar-refractivity contribution in [2.24, 2.45) is 0 Å². The molecular formula is C18H17F2NO3. The Kier molecular flexibility index (Phi) is 4.87. The van der Waals surface area contributed by atoms with Crippen LogP contribution in [0.4, 0.5) is 8.78 Å². The van der Waals surface area contributed by atoms with Crippen LogP contribution in [-0.2, 0) is 9.47 Å². The molecule has 0 atom stereocenters. The minimum atomic E-state index is -0.675. The minimum Gasteiger partial charge on any atom is -0.455 e. The van der Waals surface area contributed by atoms with E-state index in [2.05, 4.69) is 4.98 Å². The van der Waals surface area contributed by atoms with Crippen molar-refractivity contribution in [1.29, 1.82) is 0 Å². The Hall–Kier alpha value is -2.31. The van der Waals surface area contributed by atoms with E-state index in [1.807, 2.05) is 13.8 Å². The zero-order chi connectivity index (χ0) is 17.1. The van der Waals surface area contributed by atoms with Crippen LogP contribution in [0.15, 0.2) is 41.1 Å². The lowest BCUT2D eigenvalue weighted by Gasteiger charge is -2.13. The molecule has 0 radical (unpaired) electrons. The Morgan fingerprint density at radius 2 is 1.75 bits per heavy atom. The number of furan rings is 1. The average Bonchev–Trinajstić information content (AvgIpc) is 2.99. The summed E-state index contributed by atoms with van der Waals surface area (Å²) < 4.78 is 45.0. The third kappa shape index (κ3) is 3.02. The highest BCUT2D eigenvalue weighted by atomic mass is 19.1. The minimum absolute atomic E-state index is 0.166. The second-order valence-electron chi connectivity index (χ2n) is 5.09. The summed E-state index contributed by atoms with van der Waals surface area (Å²) in [5.41, 5.74) is 0.426. The van der Waals surface area contributed by atoms with E-state index in [1.165, 1.54) is 24.4 Å². The maximum absolute atomic E-state index is 14.1. The highest BCUT2D eigenvalue weighted by molar-refractivity contribution is 5.92. The monoisotopic (exact) mass is 333 g/mol. The van der Waals surface area contributed by atoms with Crippen LogP contribution in [-0.4, -0.2) is 18.2 Å². The van der Waals surface area contributed by atoms with Crippen LogP contribution in [0.5, 0.6) is 0 Å². The quantitative estimate of drug-likeness (QED) is 0.605. The largest absolute Gasteiger partial charge is 0.455 e. The second-order valence-corrected chi connectivity index (χ2v) is 5.09. The third-order valence-electron chi connectivity index (χ3n) is 3.54. The van der Waals surface area contributed by atoms with Crippen molar-refractivity contribution in [3.8, 4) is 11.1 Å². The average molecular weight is 333 g/mol. The molecule has 0 fully saturated rings. The van der Waals surface area contributed by atoms with Gasteiger partial charge in [-0.05, 0) is 32.0 Å². The molecule has 4 nitrogen and oxygen atoms in total. The topological polar surface area (TPSA) is 44.5 Å². The molecule has 126 valence electrons. The summed E-state index contributed by atoms with van der Waals surface area (Å²) >= 11 is 0. The summed E-state index contributed by atoms with van der Waals surface area (Å²) in [6, 6.07) is 5.42. The van der Waals surface area contributed by atoms with Gasteiger partial charge in [0.05, 0.1) is 5.56 Å². The van der Waals surface area contributed by atoms with Gasteiger partial charge >= 0.3 is 0 Å². The van der Waals surface area contributed by atoms with Crippen molar-refractivity contribution in [3.63, 3.8) is 0 Å². The van der Waals surface area contributed by atoms with E-state index in [1.54, 1.807) is 12.3 Å². The molecule has 2 heterocycles. The number of hydrogen-bond acceptors (Lipinski definition) is 4. The van der Waals surface area contributed by atoms with Gasteiger partial charge in [-0.25, -0.2) is 8.78 Å². The molecule has 6 heteroatoms. The lowest BCUT2D eigenvalue weighted by atomic mass is 10.1. The van der Waals surface area contributed by atoms with Crippen LogP contribution in [0.25, 0.3) is 22.1 Å². The van der Waals surface area contributed by atoms with E-state index in [0.717, 1.165) is 0 Å². The normalized spacial score (nSPS) is 11.5. The Balaban J connectivity index is 2.14. The Labute approximate surface area is 138 Å². The zero-order valence-corrected chi connectivity index (χ0v) is 13.4. The van der Waals surface area contributed by atoms with Crippen molar-refractivity contribution in [1.82, 2.24) is 4.98 Å². The highest BCUT2D eigenvalue weighted by Crippen LogP contribution is 2.35. The Bertz CT molecular complexity index is 821. The maximum atomic E-state index is 14.1. The first-order valence-electron chi connectivity index (χ1n) is 7.70. The summed E-state index contributed by atoms with van der Waals surface area (Å²) in [6.07, 6.45) is 2.28. The van der Waals surface area contributed by atoms with Gasteiger partial charge in [-0.2, -0.15) is 0 Å². The molecule has 0 amide bonds. The van der Waals surface area contributed by atoms with Gasteiger partial charge in [0.2, 0.25) is 6.29 Å². The van der Waals surface area contributed by atoms with Gasteiger partial charge in [-0.1, -0.05) is 6.07 Å². The fraction of sp³-hybridized carbons (Fsp3) is 0.278. The fourth-order valence-corrected chi connectivity index (χ4v) is 2.55. The lowest BCUT2D eigenvalue weighted by molar-refractivity contribution is -0.150. The van der Waals surface area contributed by atoms with Gasteiger partial charge in [0.25, 0.3) is 0 Å². The Morgan fingerprint density at radius 3 is 2.38 bits per heavy atom. The molecule has 1 aromatic carbocycles. The molecule has 24 heavy (non-hydrogen) atoms. The second kappa shape index (κ2) is 7.07. The molecule has 0 bridgehead atoms. The van der Waals surface area contributed by atoms with Crippen LogP contribution < -0.4 is 0 Å². The molecule has 0 N–H and O–H groups in total. The number of nitrogens with zero attached hydrogens (tertiary/aromatic N) is 1. The predicted molar refractivity (Wildman–Crippen MR) is 85.4 cm³/mol. The van der Waals surface area contributed by atoms with Crippen molar-refractivity contribution in [3.05, 3.63) is 54.1 Å². The molecule has 0 saturated heterocycles. The van der Waals surface area contributed by atoms with E-state index >= 15 is 0 Å². The molecule has 0 aliphatic heterocycles. The van der Waals surface area contributed by atoms with Crippen LogP contribution in [0, 0.1) is 11.6 Å². The van der Waals surface area contributed by atoms with Gasteiger partial charge in [0.15, 0.2) is 5.76 Å². The van der Waals surface area contributed by atoms with Crippen molar-refractivity contribution in [2.75, 3.05) is 13.2 Å². The van der Waals surface area contributed by atoms with Crippen LogP contribution in [0.3, 0.4) is 0 Å². The number of fused-ring (bicyclic) bond motifs is 1. The Morgan fingerprint density at radius 1 is 1.08 bits per heavy atom. The molecule has 0 unspecified atom stereocenters. The molecule has 3 aromatic rings. The van der Waals surface area contributed by atoms with Crippen LogP contribution in [0.1, 0.15) is 25.9 Å². The summed E-state index contributed by atoms with van der Waals surface area (Å²) in [5, 5.41) is 0.620. The first-order valence-corrected chi connectivity index (χ1v) is 7.70. The summed E-state index contributed by atoms with van der Waals surface area (Å²) in [7, 11) is 0. The SMILES string of the molecule is CCOC(OCC)c1cc2cncc(-c3c(F)cccc3F)c2o1. The molecule has 0 saturated carbocycles. The number of benzene rings is 1. The fourth-order valence-electron chi connectivity index (χ4n) is 2.55. The number of pyridine rings is 1. The van der Waals surface area contributed by atoms with E-state index in [9.17, 15) is 8.78 Å². The van der Waals surface area contributed by atoms with Crippen LogP contribution >= 0.6 is 0 Å². The number of hydrogen-bond donors (Lipinski definition) is 0. The number of ether oxygens (including phenoxy) is 2. The first kappa shape index (κ1) is 16.5. The lowest BCUT2D eigenvalue weighted by Crippen LogP contribution is -2.07. The third-order valence-corrected chi connectivity index (χ3v) is 3.54. The van der Waals surface area contributed by atoms with Crippen molar-refractivity contribution in [2.45, 2.75) is 20.1 Å². The number of aromatic nitrogens is 1. The smallest absolute Gasteiger partial charge is 0.217 e. The highest BCUT2D eigenvalue weighted by Gasteiger charge is 2.21. The zero-order valence-electron chi connectivity index (χ0n) is 13.4. The molecule has 0 aliphatic rings. The van der Waals surface area contributed by atoms with Crippen LogP contribution in [0.2, 0.25) is 0 Å². The molecule has 2 aromatic heterocycles. The van der Waals surface area contributed by atoms with Gasteiger partial charge in [-0.3, -0.25) is 4.98 Å². The molecular weight excluding hydrogens is 316 g/mol. The molecule has 3 rings (SSSR count). The van der Waals surface area contributed by atoms with Gasteiger partial charge in [-0.15, -0.1) is 0 Å². The molecule has 0 spiro atoms. The maximum Gasteiger partial charge on any atom is 0.217 e. The van der Waals surface area contributed by atoms with E-state index < -0.39 is 17.9 Å². The van der Waals surface area contributed by atoms with E-state index in [4.69, 9.17) is 13.9 Å². The van der Waals surface area contributed by atoms with Crippen molar-refractivity contribution >= 4 is 11.0 Å². The van der Waals surface area contributed by atoms with Gasteiger partial charge in [0.1, 0.15) is 17.2 Å². The summed E-state index contributed by atoms with van der Waals surface area (Å²) in [6.45, 7) is 4.57. The summed E-state index contributed by atoms with van der Waals surface area (Å²) in [4.78, 5) is 4.06. The van der Waals surface area contributed by atoms with E-state index in [0.29, 0.717) is 29.9 Å². The summed E-state index contributed by atoms with van der Waals surface area (Å²) in [5.74, 6) is -0.915. The standard InChI is InChI=1S/C18H17F2NO3/c1-3-22-18(23-4-2)15-8-11-9-21-10-12(17(11)24-15)16-13(19)6-5-7-14(16)20/h5-10,18H,3-4H2,1-2H3. The number of halogens is 2. The van der Waals surface area contributed by atoms with Crippen molar-refractivity contribution < 1.29 is 22.7 Å². The predicted octanol–water partition coefficient (Wildman–Crippen LogP) is 4.84. The first-order chi connectivity index (χ1) is 11.7. The molecule has 0 aliphatic carbocycles. The van der Waals surface area contributed by atoms with Gasteiger partial charge in [0, 0.05) is 36.6 Å². The number of rotatable bonds is 6. The van der Waals surface area contributed by atoms with E-state index in [-0.39, 0.29) is 11.1 Å².